The average Bonchev–Trinajstić information content (AvgIpc) is 2.77. The molecule has 0 saturated heterocycles. The molecule has 0 aliphatic heterocycles. The fourth-order valence-corrected chi connectivity index (χ4v) is 4.42. The molecule has 1 atom stereocenters. The van der Waals surface area contributed by atoms with Crippen LogP contribution in [0.2, 0.25) is 0 Å². The molecule has 0 saturated carbocycles. The minimum Gasteiger partial charge on any atom is -0.357 e. The summed E-state index contributed by atoms with van der Waals surface area (Å²) in [6.45, 7) is 5.61. The largest absolute Gasteiger partial charge is 0.357 e. The van der Waals surface area contributed by atoms with Gasteiger partial charge in [0.2, 0.25) is 21.8 Å². The number of sulfonamides is 1. The van der Waals surface area contributed by atoms with Gasteiger partial charge >= 0.3 is 0 Å². The summed E-state index contributed by atoms with van der Waals surface area (Å²) in [4.78, 5) is 27.5. The Hall–Kier alpha value is -2.87. The van der Waals surface area contributed by atoms with Crippen LogP contribution < -0.4 is 9.62 Å². The molecule has 0 heterocycles. The second-order valence-electron chi connectivity index (χ2n) is 7.78. The van der Waals surface area contributed by atoms with E-state index in [-0.39, 0.29) is 19.0 Å². The third kappa shape index (κ3) is 6.32. The zero-order valence-corrected chi connectivity index (χ0v) is 20.3. The summed E-state index contributed by atoms with van der Waals surface area (Å²) in [5.41, 5.74) is 3.39. The highest BCUT2D eigenvalue weighted by atomic mass is 32.2. The minimum absolute atomic E-state index is 0.212. The van der Waals surface area contributed by atoms with Crippen LogP contribution in [0.15, 0.2) is 48.5 Å². The van der Waals surface area contributed by atoms with Crippen LogP contribution in [-0.2, 0) is 32.6 Å². The van der Waals surface area contributed by atoms with Crippen molar-refractivity contribution in [3.05, 3.63) is 65.2 Å². The third-order valence-corrected chi connectivity index (χ3v) is 6.69. The van der Waals surface area contributed by atoms with Crippen molar-refractivity contribution in [2.75, 3.05) is 24.2 Å². The van der Waals surface area contributed by atoms with E-state index in [1.807, 2.05) is 57.2 Å². The lowest BCUT2D eigenvalue weighted by Crippen LogP contribution is -2.51. The Balaban J connectivity index is 2.42. The highest BCUT2D eigenvalue weighted by molar-refractivity contribution is 7.92. The van der Waals surface area contributed by atoms with Gasteiger partial charge in [-0.15, -0.1) is 0 Å². The van der Waals surface area contributed by atoms with E-state index in [9.17, 15) is 18.0 Å². The molecule has 2 rings (SSSR count). The first kappa shape index (κ1) is 25.4. The van der Waals surface area contributed by atoms with Crippen molar-refractivity contribution in [2.24, 2.45) is 0 Å². The lowest BCUT2D eigenvalue weighted by molar-refractivity contribution is -0.140. The fourth-order valence-electron chi connectivity index (χ4n) is 3.57. The average molecular weight is 460 g/mol. The number of anilines is 1. The molecule has 2 amide bonds. The molecule has 174 valence electrons. The predicted molar refractivity (Wildman–Crippen MR) is 128 cm³/mol. The van der Waals surface area contributed by atoms with E-state index in [1.165, 1.54) is 11.9 Å². The number of rotatable bonds is 10. The molecule has 0 aliphatic rings. The second-order valence-corrected chi connectivity index (χ2v) is 9.68. The quantitative estimate of drug-likeness (QED) is 0.592. The lowest BCUT2D eigenvalue weighted by Gasteiger charge is -2.33. The van der Waals surface area contributed by atoms with E-state index >= 15 is 0 Å². The third-order valence-electron chi connectivity index (χ3n) is 5.55. The van der Waals surface area contributed by atoms with Crippen molar-refractivity contribution in [2.45, 2.75) is 46.2 Å². The van der Waals surface area contributed by atoms with E-state index in [2.05, 4.69) is 5.32 Å². The lowest BCUT2D eigenvalue weighted by atomic mass is 10.1. The van der Waals surface area contributed by atoms with Crippen molar-refractivity contribution in [3.63, 3.8) is 0 Å². The Morgan fingerprint density at radius 3 is 2.16 bits per heavy atom. The molecule has 1 N–H and O–H groups in total. The molecule has 7 nitrogen and oxygen atoms in total. The molecule has 0 aromatic heterocycles. The van der Waals surface area contributed by atoms with Gasteiger partial charge in [0.15, 0.2) is 0 Å². The van der Waals surface area contributed by atoms with Gasteiger partial charge in [-0.25, -0.2) is 8.42 Å². The van der Waals surface area contributed by atoms with Crippen LogP contribution in [0.25, 0.3) is 0 Å². The molecular weight excluding hydrogens is 426 g/mol. The number of likely N-dealkylation sites (N-methyl/N-ethyl adjacent to an activating group) is 1. The molecule has 0 radical (unpaired) electrons. The van der Waals surface area contributed by atoms with Gasteiger partial charge < -0.3 is 10.2 Å². The number of hydrogen-bond acceptors (Lipinski definition) is 4. The molecule has 8 heteroatoms. The van der Waals surface area contributed by atoms with E-state index in [4.69, 9.17) is 0 Å². The number of carbonyl (C=O) groups excluding carboxylic acids is 2. The number of amides is 2. The van der Waals surface area contributed by atoms with Crippen LogP contribution in [0, 0.1) is 6.92 Å². The standard InChI is InChI=1S/C24H33N3O4S/c1-6-19-12-14-21(15-13-19)27(32(5,30)31)17-23(28)26(22(7-2)24(29)25-4)16-20-11-9-8-10-18(20)3/h8-15,22H,6-7,16-17H2,1-5H3,(H,25,29)/t22-/m0/s1. The molecule has 0 unspecified atom stereocenters. The van der Waals surface area contributed by atoms with Gasteiger partial charge in [0, 0.05) is 13.6 Å². The van der Waals surface area contributed by atoms with E-state index in [1.54, 1.807) is 12.1 Å². The topological polar surface area (TPSA) is 86.8 Å². The van der Waals surface area contributed by atoms with Crippen LogP contribution >= 0.6 is 0 Å². The molecule has 32 heavy (non-hydrogen) atoms. The number of nitrogens with zero attached hydrogens (tertiary/aromatic N) is 2. The maximum absolute atomic E-state index is 13.5. The number of aryl methyl sites for hydroxylation is 2. The van der Waals surface area contributed by atoms with Gasteiger partial charge in [-0.05, 0) is 48.6 Å². The first-order chi connectivity index (χ1) is 15.1. The van der Waals surface area contributed by atoms with Crippen molar-refractivity contribution in [3.8, 4) is 0 Å². The predicted octanol–water partition coefficient (Wildman–Crippen LogP) is 2.88. The van der Waals surface area contributed by atoms with E-state index in [0.717, 1.165) is 33.7 Å². The van der Waals surface area contributed by atoms with Gasteiger partial charge in [0.1, 0.15) is 12.6 Å². The first-order valence-corrected chi connectivity index (χ1v) is 12.6. The van der Waals surface area contributed by atoms with E-state index < -0.39 is 22.0 Å². The molecule has 0 bridgehead atoms. The molecule has 2 aromatic carbocycles. The number of benzene rings is 2. The van der Waals surface area contributed by atoms with Crippen LogP contribution in [0.1, 0.15) is 37.0 Å². The Bertz CT molecular complexity index is 1040. The molecule has 0 spiro atoms. The summed E-state index contributed by atoms with van der Waals surface area (Å²) in [5.74, 6) is -0.721. The van der Waals surface area contributed by atoms with Gasteiger partial charge in [-0.3, -0.25) is 13.9 Å². The Kier molecular flexibility index (Phi) is 8.83. The summed E-state index contributed by atoms with van der Waals surface area (Å²) in [6, 6.07) is 14.0. The van der Waals surface area contributed by atoms with Gasteiger partial charge in [0.05, 0.1) is 11.9 Å². The van der Waals surface area contributed by atoms with Crippen LogP contribution in [-0.4, -0.2) is 51.0 Å². The molecular formula is C24H33N3O4S. The normalized spacial score (nSPS) is 12.2. The van der Waals surface area contributed by atoms with E-state index in [0.29, 0.717) is 12.1 Å². The Labute approximate surface area is 191 Å². The molecule has 0 aliphatic carbocycles. The first-order valence-electron chi connectivity index (χ1n) is 10.7. The Morgan fingerprint density at radius 2 is 1.66 bits per heavy atom. The van der Waals surface area contributed by atoms with Crippen molar-refractivity contribution in [1.29, 1.82) is 0 Å². The molecule has 2 aromatic rings. The van der Waals surface area contributed by atoms with Gasteiger partial charge in [-0.1, -0.05) is 50.2 Å². The summed E-state index contributed by atoms with van der Waals surface area (Å²) in [6.07, 6.45) is 2.31. The minimum atomic E-state index is -3.72. The summed E-state index contributed by atoms with van der Waals surface area (Å²) in [7, 11) is -2.19. The van der Waals surface area contributed by atoms with Gasteiger partial charge in [-0.2, -0.15) is 0 Å². The fraction of sp³-hybridized carbons (Fsp3) is 0.417. The second kappa shape index (κ2) is 11.1. The number of hydrogen-bond donors (Lipinski definition) is 1. The van der Waals surface area contributed by atoms with Crippen LogP contribution in [0.3, 0.4) is 0 Å². The van der Waals surface area contributed by atoms with Crippen LogP contribution in [0.4, 0.5) is 5.69 Å². The highest BCUT2D eigenvalue weighted by Gasteiger charge is 2.31. The SMILES string of the molecule is CCc1ccc(N(CC(=O)N(Cc2ccccc2C)[C@@H](CC)C(=O)NC)S(C)(=O)=O)cc1. The monoisotopic (exact) mass is 459 g/mol. The summed E-state index contributed by atoms with van der Waals surface area (Å²) < 4.78 is 26.2. The smallest absolute Gasteiger partial charge is 0.244 e. The zero-order chi connectivity index (χ0) is 23.9. The maximum Gasteiger partial charge on any atom is 0.244 e. The summed E-state index contributed by atoms with van der Waals surface area (Å²) in [5, 5.41) is 2.61. The van der Waals surface area contributed by atoms with Crippen molar-refractivity contribution >= 4 is 27.5 Å². The van der Waals surface area contributed by atoms with Gasteiger partial charge in [0.25, 0.3) is 0 Å². The highest BCUT2D eigenvalue weighted by Crippen LogP contribution is 2.21. The number of nitrogens with one attached hydrogen (secondary N) is 1. The molecule has 0 fully saturated rings. The summed E-state index contributed by atoms with van der Waals surface area (Å²) >= 11 is 0. The van der Waals surface area contributed by atoms with Crippen LogP contribution in [0.5, 0.6) is 0 Å². The Morgan fingerprint density at radius 1 is 1.03 bits per heavy atom. The maximum atomic E-state index is 13.5. The van der Waals surface area contributed by atoms with Crippen molar-refractivity contribution < 1.29 is 18.0 Å². The number of carbonyl (C=O) groups is 2. The van der Waals surface area contributed by atoms with Crippen molar-refractivity contribution in [1.82, 2.24) is 10.2 Å². The zero-order valence-electron chi connectivity index (χ0n) is 19.5.